The van der Waals surface area contributed by atoms with Gasteiger partial charge < -0.3 is 10.6 Å². The van der Waals surface area contributed by atoms with Gasteiger partial charge in [-0.1, -0.05) is 0 Å². The lowest BCUT2D eigenvalue weighted by Crippen LogP contribution is -2.38. The first-order valence-corrected chi connectivity index (χ1v) is 8.46. The molecule has 2 N–H and O–H groups in total. The maximum Gasteiger partial charge on any atom is 0.248 e. The summed E-state index contributed by atoms with van der Waals surface area (Å²) in [5.41, 5.74) is 1.85. The van der Waals surface area contributed by atoms with Crippen molar-refractivity contribution < 1.29 is 18.4 Å². The molecule has 8 nitrogen and oxygen atoms in total. The summed E-state index contributed by atoms with van der Waals surface area (Å²) < 4.78 is 27.1. The molecule has 27 heavy (non-hydrogen) atoms. The number of hydrogen-bond donors (Lipinski definition) is 2. The summed E-state index contributed by atoms with van der Waals surface area (Å²) in [6.45, 7) is 0.411. The van der Waals surface area contributed by atoms with Crippen LogP contribution in [0.4, 0.5) is 8.78 Å². The molecule has 0 aromatic carbocycles. The highest BCUT2D eigenvalue weighted by Gasteiger charge is 2.45. The van der Waals surface area contributed by atoms with Gasteiger partial charge in [-0.05, 0) is 17.5 Å². The largest absolute Gasteiger partial charge is 0.352 e. The zero-order valence-corrected chi connectivity index (χ0v) is 14.4. The first kappa shape index (κ1) is 18.7. The smallest absolute Gasteiger partial charge is 0.248 e. The highest BCUT2D eigenvalue weighted by atomic mass is 19.3. The molecular formula is C17H18F2N6O2. The molecule has 2 amide bonds. The van der Waals surface area contributed by atoms with E-state index >= 15 is 0 Å². The molecule has 2 heterocycles. The summed E-state index contributed by atoms with van der Waals surface area (Å²) in [4.78, 5) is 27.5. The van der Waals surface area contributed by atoms with Gasteiger partial charge in [0.25, 0.3) is 0 Å². The van der Waals surface area contributed by atoms with E-state index in [2.05, 4.69) is 20.7 Å². The number of nitriles is 1. The molecule has 1 aliphatic rings. The van der Waals surface area contributed by atoms with E-state index in [1.165, 1.54) is 4.52 Å². The van der Waals surface area contributed by atoms with Crippen molar-refractivity contribution in [2.45, 2.75) is 44.7 Å². The van der Waals surface area contributed by atoms with E-state index in [-0.39, 0.29) is 56.5 Å². The van der Waals surface area contributed by atoms with Crippen molar-refractivity contribution in [2.24, 2.45) is 5.92 Å². The number of nitrogens with one attached hydrogen (secondary N) is 2. The molecule has 0 bridgehead atoms. The number of fused-ring (bicyclic) bond motifs is 1. The van der Waals surface area contributed by atoms with Gasteiger partial charge in [-0.2, -0.15) is 10.4 Å². The van der Waals surface area contributed by atoms with Gasteiger partial charge in [-0.3, -0.25) is 9.59 Å². The van der Waals surface area contributed by atoms with Crippen LogP contribution in [0.2, 0.25) is 0 Å². The van der Waals surface area contributed by atoms with Crippen LogP contribution in [0.5, 0.6) is 0 Å². The highest BCUT2D eigenvalue weighted by molar-refractivity contribution is 5.78. The van der Waals surface area contributed by atoms with Crippen LogP contribution in [-0.2, 0) is 22.7 Å². The molecule has 0 spiro atoms. The molecule has 0 saturated heterocycles. The van der Waals surface area contributed by atoms with Crippen molar-refractivity contribution in [3.05, 3.63) is 29.7 Å². The lowest BCUT2D eigenvalue weighted by molar-refractivity contribution is -0.133. The molecule has 2 aromatic rings. The number of carbonyl (C=O) groups is 2. The predicted octanol–water partition coefficient (Wildman–Crippen LogP) is 1.31. The van der Waals surface area contributed by atoms with E-state index in [4.69, 9.17) is 5.26 Å². The van der Waals surface area contributed by atoms with Crippen molar-refractivity contribution in [1.29, 1.82) is 5.26 Å². The molecule has 1 aliphatic carbocycles. The maximum atomic E-state index is 12.8. The summed E-state index contributed by atoms with van der Waals surface area (Å²) in [5.74, 6) is -3.52. The molecule has 1 saturated carbocycles. The van der Waals surface area contributed by atoms with E-state index in [0.717, 1.165) is 5.56 Å². The summed E-state index contributed by atoms with van der Waals surface area (Å²) in [6.07, 6.45) is 2.66. The second-order valence-corrected chi connectivity index (χ2v) is 6.62. The Kier molecular flexibility index (Phi) is 5.30. The second kappa shape index (κ2) is 7.65. The van der Waals surface area contributed by atoms with Gasteiger partial charge in [-0.15, -0.1) is 0 Å². The van der Waals surface area contributed by atoms with Crippen molar-refractivity contribution >= 4 is 17.5 Å². The Morgan fingerprint density at radius 3 is 2.74 bits per heavy atom. The zero-order chi connectivity index (χ0) is 19.4. The summed E-state index contributed by atoms with van der Waals surface area (Å²) in [7, 11) is 0. The number of rotatable bonds is 7. The van der Waals surface area contributed by atoms with Gasteiger partial charge in [0.15, 0.2) is 5.65 Å². The van der Waals surface area contributed by atoms with Crippen molar-refractivity contribution in [3.63, 3.8) is 0 Å². The van der Waals surface area contributed by atoms with Crippen molar-refractivity contribution in [1.82, 2.24) is 25.2 Å². The van der Waals surface area contributed by atoms with Crippen molar-refractivity contribution in [3.8, 4) is 6.07 Å². The van der Waals surface area contributed by atoms with Gasteiger partial charge in [0, 0.05) is 25.8 Å². The summed E-state index contributed by atoms with van der Waals surface area (Å²) in [5, 5.41) is 17.9. The topological polar surface area (TPSA) is 112 Å². The minimum Gasteiger partial charge on any atom is -0.352 e. The van der Waals surface area contributed by atoms with Crippen LogP contribution in [0, 0.1) is 17.2 Å². The van der Waals surface area contributed by atoms with Gasteiger partial charge >= 0.3 is 0 Å². The molecule has 0 unspecified atom stereocenters. The fraction of sp³-hybridized carbons (Fsp3) is 0.471. The highest BCUT2D eigenvalue weighted by Crippen LogP contribution is 2.43. The molecule has 3 rings (SSSR count). The molecule has 2 aromatic heterocycles. The first-order valence-electron chi connectivity index (χ1n) is 8.46. The lowest BCUT2D eigenvalue weighted by Gasteiger charge is -2.34. The summed E-state index contributed by atoms with van der Waals surface area (Å²) >= 11 is 0. The third-order valence-corrected chi connectivity index (χ3v) is 4.27. The maximum absolute atomic E-state index is 12.8. The molecule has 0 atom stereocenters. The minimum atomic E-state index is -2.62. The number of hydrogen-bond acceptors (Lipinski definition) is 5. The molecular weight excluding hydrogens is 358 g/mol. The van der Waals surface area contributed by atoms with E-state index in [0.29, 0.717) is 11.3 Å². The Morgan fingerprint density at radius 2 is 2.04 bits per heavy atom. The third-order valence-electron chi connectivity index (χ3n) is 4.27. The van der Waals surface area contributed by atoms with Crippen LogP contribution in [0.25, 0.3) is 5.65 Å². The van der Waals surface area contributed by atoms with Crippen LogP contribution in [-0.4, -0.2) is 32.3 Å². The fourth-order valence-electron chi connectivity index (χ4n) is 2.93. The van der Waals surface area contributed by atoms with E-state index in [1.54, 1.807) is 24.5 Å². The number of alkyl halides is 2. The lowest BCUT2D eigenvalue weighted by atomic mass is 9.79. The second-order valence-electron chi connectivity index (χ2n) is 6.62. The van der Waals surface area contributed by atoms with Gasteiger partial charge in [0.05, 0.1) is 30.7 Å². The Hall–Kier alpha value is -3.09. The average Bonchev–Trinajstić information content (AvgIpc) is 2.99. The number of aromatic nitrogens is 3. The minimum absolute atomic E-state index is 0.0984. The number of imidazole rings is 1. The van der Waals surface area contributed by atoms with Crippen LogP contribution in [0.15, 0.2) is 18.5 Å². The molecule has 1 fully saturated rings. The van der Waals surface area contributed by atoms with Crippen LogP contribution in [0.3, 0.4) is 0 Å². The Morgan fingerprint density at radius 1 is 1.30 bits per heavy atom. The Balaban J connectivity index is 1.51. The van der Waals surface area contributed by atoms with Crippen LogP contribution >= 0.6 is 0 Å². The number of amides is 2. The molecule has 142 valence electrons. The average molecular weight is 376 g/mol. The molecule has 0 radical (unpaired) electrons. The van der Waals surface area contributed by atoms with Gasteiger partial charge in [0.2, 0.25) is 17.7 Å². The molecule has 0 aliphatic heterocycles. The Labute approximate surface area is 153 Å². The quantitative estimate of drug-likeness (QED) is 0.757. The standard InChI is InChI=1S/C17H18F2N6O2/c18-17(19)5-11(6-17)4-16(27)21-7-12-3-14-24-13(10-25(14)23-8-12)9-22-15(26)1-2-20/h3,8,10-11H,1,4-7,9H2,(H,21,27)(H,22,26). The third kappa shape index (κ3) is 4.97. The van der Waals surface area contributed by atoms with E-state index < -0.39 is 5.92 Å². The molecule has 10 heteroatoms. The predicted molar refractivity (Wildman–Crippen MR) is 89.2 cm³/mol. The monoisotopic (exact) mass is 376 g/mol. The number of halogens is 2. The van der Waals surface area contributed by atoms with E-state index in [1.807, 2.05) is 0 Å². The number of nitrogens with zero attached hydrogens (tertiary/aromatic N) is 4. The van der Waals surface area contributed by atoms with Crippen LogP contribution in [0.1, 0.15) is 36.9 Å². The number of carbonyl (C=O) groups excluding carboxylic acids is 2. The van der Waals surface area contributed by atoms with Gasteiger partial charge in [0.1, 0.15) is 6.42 Å². The summed E-state index contributed by atoms with van der Waals surface area (Å²) in [6, 6.07) is 3.50. The van der Waals surface area contributed by atoms with Crippen LogP contribution < -0.4 is 10.6 Å². The van der Waals surface area contributed by atoms with E-state index in [9.17, 15) is 18.4 Å². The fourth-order valence-corrected chi connectivity index (χ4v) is 2.93. The zero-order valence-electron chi connectivity index (χ0n) is 14.4. The SMILES string of the molecule is N#CCC(=O)NCc1cn2ncc(CNC(=O)CC3CC(F)(F)C3)cc2n1. The Bertz CT molecular complexity index is 896. The first-order chi connectivity index (χ1) is 12.8. The van der Waals surface area contributed by atoms with Crippen molar-refractivity contribution in [2.75, 3.05) is 0 Å². The van der Waals surface area contributed by atoms with Gasteiger partial charge in [-0.25, -0.2) is 18.3 Å². The normalized spacial score (nSPS) is 15.7.